The van der Waals surface area contributed by atoms with Crippen LogP contribution in [0, 0.1) is 5.82 Å². The molecule has 1 aromatic carbocycles. The van der Waals surface area contributed by atoms with Gasteiger partial charge >= 0.3 is 6.09 Å². The van der Waals surface area contributed by atoms with E-state index in [9.17, 15) is 14.3 Å². The highest BCUT2D eigenvalue weighted by Crippen LogP contribution is 2.40. The summed E-state index contributed by atoms with van der Waals surface area (Å²) in [5.74, 6) is -0.475. The predicted molar refractivity (Wildman–Crippen MR) is 88.1 cm³/mol. The smallest absolute Gasteiger partial charge is 0.410 e. The summed E-state index contributed by atoms with van der Waals surface area (Å²) in [4.78, 5) is 13.4. The Morgan fingerprint density at radius 2 is 2.00 bits per heavy atom. The lowest BCUT2D eigenvalue weighted by Gasteiger charge is -2.46. The number of ether oxygens (including phenoxy) is 2. The summed E-state index contributed by atoms with van der Waals surface area (Å²) in [5.41, 5.74) is -1.16. The first-order valence-electron chi connectivity index (χ1n) is 8.47. The van der Waals surface area contributed by atoms with Gasteiger partial charge in [0.2, 0.25) is 0 Å². The van der Waals surface area contributed by atoms with E-state index >= 15 is 0 Å². The summed E-state index contributed by atoms with van der Waals surface area (Å²) in [6, 6.07) is 6.01. The molecule has 6 heteroatoms. The van der Waals surface area contributed by atoms with Crippen LogP contribution >= 0.6 is 0 Å². The number of carbonyl (C=O) groups is 1. The van der Waals surface area contributed by atoms with Gasteiger partial charge in [-0.05, 0) is 25.3 Å². The summed E-state index contributed by atoms with van der Waals surface area (Å²) in [7, 11) is 1.47. The zero-order valence-corrected chi connectivity index (χ0v) is 14.3. The first-order chi connectivity index (χ1) is 11.6. The van der Waals surface area contributed by atoms with Crippen LogP contribution in [-0.2, 0) is 15.2 Å². The van der Waals surface area contributed by atoms with Gasteiger partial charge in [-0.1, -0.05) is 44.4 Å². The van der Waals surface area contributed by atoms with Crippen molar-refractivity contribution in [2.75, 3.05) is 13.9 Å². The number of methoxy groups -OCH3 is 1. The van der Waals surface area contributed by atoms with Crippen molar-refractivity contribution in [3.8, 4) is 0 Å². The minimum absolute atomic E-state index is 0.112. The van der Waals surface area contributed by atoms with E-state index < -0.39 is 17.6 Å². The molecule has 1 amide bonds. The molecule has 0 unspecified atom stereocenters. The molecule has 0 aliphatic heterocycles. The quantitative estimate of drug-likeness (QED) is 0.752. The van der Waals surface area contributed by atoms with Crippen LogP contribution in [0.5, 0.6) is 0 Å². The third kappa shape index (κ3) is 3.70. The highest BCUT2D eigenvalue weighted by atomic mass is 19.1. The van der Waals surface area contributed by atoms with Crippen molar-refractivity contribution < 1.29 is 23.8 Å². The molecule has 134 valence electrons. The summed E-state index contributed by atoms with van der Waals surface area (Å²) in [5, 5.41) is 9.93. The summed E-state index contributed by atoms with van der Waals surface area (Å²) in [6.45, 7) is 1.69. The van der Waals surface area contributed by atoms with Gasteiger partial charge in [-0.25, -0.2) is 9.18 Å². The zero-order chi connectivity index (χ0) is 17.6. The largest absolute Gasteiger partial charge is 0.465 e. The van der Waals surface area contributed by atoms with Crippen molar-refractivity contribution in [2.45, 2.75) is 57.2 Å². The third-order valence-electron chi connectivity index (χ3n) is 4.72. The second-order valence-corrected chi connectivity index (χ2v) is 6.11. The lowest BCUT2D eigenvalue weighted by Crippen LogP contribution is -2.56. The summed E-state index contributed by atoms with van der Waals surface area (Å²) < 4.78 is 25.4. The molecule has 1 aliphatic rings. The van der Waals surface area contributed by atoms with E-state index in [1.807, 2.05) is 0 Å². The molecule has 0 aromatic heterocycles. The molecule has 0 heterocycles. The zero-order valence-electron chi connectivity index (χ0n) is 14.3. The minimum atomic E-state index is -1.39. The Bertz CT molecular complexity index is 548. The van der Waals surface area contributed by atoms with Crippen LogP contribution in [0.2, 0.25) is 0 Å². The SMILES string of the molecule is CC[C@@](OCOC)(c1ccccc1F)N(C(=O)O)C1CCCCC1. The maximum absolute atomic E-state index is 14.5. The lowest BCUT2D eigenvalue weighted by molar-refractivity contribution is -0.215. The predicted octanol–water partition coefficient (Wildman–Crippen LogP) is 4.32. The molecule has 1 fully saturated rings. The maximum Gasteiger partial charge on any atom is 0.410 e. The van der Waals surface area contributed by atoms with E-state index in [1.54, 1.807) is 25.1 Å². The molecule has 1 atom stereocenters. The van der Waals surface area contributed by atoms with Crippen molar-refractivity contribution in [1.29, 1.82) is 0 Å². The summed E-state index contributed by atoms with van der Waals surface area (Å²) in [6.07, 6.45) is 3.76. The lowest BCUT2D eigenvalue weighted by atomic mass is 9.89. The molecule has 1 N–H and O–H groups in total. The van der Waals surface area contributed by atoms with E-state index in [0.29, 0.717) is 6.42 Å². The number of carboxylic acid groups (broad SMARTS) is 1. The monoisotopic (exact) mass is 339 g/mol. The Morgan fingerprint density at radius 3 is 2.54 bits per heavy atom. The Labute approximate surface area is 142 Å². The van der Waals surface area contributed by atoms with E-state index in [4.69, 9.17) is 9.47 Å². The van der Waals surface area contributed by atoms with Crippen LogP contribution in [0.15, 0.2) is 24.3 Å². The number of hydrogen-bond acceptors (Lipinski definition) is 3. The standard InChI is InChI=1S/C18H26FNO4/c1-3-18(24-13-23-2,15-11-7-8-12-16(15)19)20(17(21)22)14-9-5-4-6-10-14/h7-8,11-12,14H,3-6,9-10,13H2,1-2H3,(H,21,22)/t18-/m1/s1. The highest BCUT2D eigenvalue weighted by Gasteiger charge is 2.46. The Morgan fingerprint density at radius 1 is 1.33 bits per heavy atom. The number of hydrogen-bond donors (Lipinski definition) is 1. The number of amides is 1. The van der Waals surface area contributed by atoms with Crippen molar-refractivity contribution in [1.82, 2.24) is 4.90 Å². The van der Waals surface area contributed by atoms with Gasteiger partial charge in [-0.15, -0.1) is 0 Å². The fourth-order valence-corrected chi connectivity index (χ4v) is 3.62. The molecule has 1 aromatic rings. The molecular formula is C18H26FNO4. The Hall–Kier alpha value is -1.66. The average molecular weight is 339 g/mol. The minimum Gasteiger partial charge on any atom is -0.465 e. The summed E-state index contributed by atoms with van der Waals surface area (Å²) >= 11 is 0. The van der Waals surface area contributed by atoms with Crippen molar-refractivity contribution in [2.24, 2.45) is 0 Å². The molecule has 1 aliphatic carbocycles. The van der Waals surface area contributed by atoms with Gasteiger partial charge in [-0.2, -0.15) is 0 Å². The van der Waals surface area contributed by atoms with Crippen molar-refractivity contribution in [3.05, 3.63) is 35.6 Å². The highest BCUT2D eigenvalue weighted by molar-refractivity contribution is 5.67. The van der Waals surface area contributed by atoms with Crippen molar-refractivity contribution in [3.63, 3.8) is 0 Å². The maximum atomic E-state index is 14.5. The molecule has 5 nitrogen and oxygen atoms in total. The molecule has 0 saturated heterocycles. The molecule has 0 spiro atoms. The number of halogens is 1. The Kier molecular flexibility index (Phi) is 6.57. The molecule has 0 bridgehead atoms. The first kappa shape index (κ1) is 18.7. The van der Waals surface area contributed by atoms with E-state index in [-0.39, 0.29) is 18.4 Å². The van der Waals surface area contributed by atoms with Gasteiger partial charge in [0.15, 0.2) is 5.72 Å². The fourth-order valence-electron chi connectivity index (χ4n) is 3.62. The van der Waals surface area contributed by atoms with Gasteiger partial charge in [-0.3, -0.25) is 4.90 Å². The third-order valence-corrected chi connectivity index (χ3v) is 4.72. The van der Waals surface area contributed by atoms with Gasteiger partial charge in [0, 0.05) is 18.7 Å². The molecule has 24 heavy (non-hydrogen) atoms. The van der Waals surface area contributed by atoms with Gasteiger partial charge in [0.25, 0.3) is 0 Å². The van der Waals surface area contributed by atoms with Crippen LogP contribution in [0.1, 0.15) is 51.0 Å². The number of nitrogens with zero attached hydrogens (tertiary/aromatic N) is 1. The normalized spacial score (nSPS) is 18.1. The number of benzene rings is 1. The van der Waals surface area contributed by atoms with Crippen LogP contribution in [0.25, 0.3) is 0 Å². The topological polar surface area (TPSA) is 59.0 Å². The van der Waals surface area contributed by atoms with Crippen LogP contribution < -0.4 is 0 Å². The van der Waals surface area contributed by atoms with E-state index in [1.165, 1.54) is 18.1 Å². The molecule has 2 rings (SSSR count). The van der Waals surface area contributed by atoms with E-state index in [2.05, 4.69) is 0 Å². The second-order valence-electron chi connectivity index (χ2n) is 6.11. The van der Waals surface area contributed by atoms with Crippen LogP contribution in [-0.4, -0.2) is 36.0 Å². The van der Waals surface area contributed by atoms with Gasteiger partial charge in [0.1, 0.15) is 12.6 Å². The second kappa shape index (κ2) is 8.44. The Balaban J connectivity index is 2.52. The number of rotatable bonds is 7. The molecular weight excluding hydrogens is 313 g/mol. The van der Waals surface area contributed by atoms with Crippen LogP contribution in [0.3, 0.4) is 0 Å². The average Bonchev–Trinajstić information content (AvgIpc) is 2.59. The van der Waals surface area contributed by atoms with Crippen LogP contribution in [0.4, 0.5) is 9.18 Å². The van der Waals surface area contributed by atoms with Gasteiger partial charge < -0.3 is 14.6 Å². The molecule has 1 saturated carbocycles. The first-order valence-corrected chi connectivity index (χ1v) is 8.47. The fraction of sp³-hybridized carbons (Fsp3) is 0.611. The van der Waals surface area contributed by atoms with E-state index in [0.717, 1.165) is 32.1 Å². The van der Waals surface area contributed by atoms with Gasteiger partial charge in [0.05, 0.1) is 0 Å². The molecule has 0 radical (unpaired) electrons. The van der Waals surface area contributed by atoms with Crippen molar-refractivity contribution >= 4 is 6.09 Å².